The zero-order valence-electron chi connectivity index (χ0n) is 20.3. The van der Waals surface area contributed by atoms with Crippen LogP contribution >= 0.6 is 11.6 Å². The van der Waals surface area contributed by atoms with Crippen LogP contribution in [0.25, 0.3) is 28.2 Å². The van der Waals surface area contributed by atoms with E-state index < -0.39 is 17.3 Å². The van der Waals surface area contributed by atoms with Gasteiger partial charge in [0.15, 0.2) is 11.0 Å². The third-order valence-corrected chi connectivity index (χ3v) is 6.38. The smallest absolute Gasteiger partial charge is 0.284 e. The number of rotatable bonds is 5. The van der Waals surface area contributed by atoms with Crippen molar-refractivity contribution in [2.75, 3.05) is 11.1 Å². The number of hydrogen-bond donors (Lipinski definition) is 2. The second-order valence-electron chi connectivity index (χ2n) is 8.42. The number of nitrogens with two attached hydrogens (primary N) is 1. The van der Waals surface area contributed by atoms with Gasteiger partial charge in [-0.1, -0.05) is 41.9 Å². The molecular formula is C27H21ClFN7O2. The minimum atomic E-state index is -0.709. The minimum absolute atomic E-state index is 0.0429. The summed E-state index contributed by atoms with van der Waals surface area (Å²) in [5.74, 6) is -1.09. The van der Waals surface area contributed by atoms with Gasteiger partial charge in [-0.15, -0.1) is 0 Å². The molecule has 0 radical (unpaired) electrons. The molecule has 0 saturated heterocycles. The van der Waals surface area contributed by atoms with E-state index in [1.165, 1.54) is 23.1 Å². The molecule has 11 heteroatoms. The van der Waals surface area contributed by atoms with E-state index >= 15 is 0 Å². The highest BCUT2D eigenvalue weighted by Crippen LogP contribution is 2.29. The van der Waals surface area contributed by atoms with Crippen LogP contribution in [0.1, 0.15) is 16.1 Å². The Balaban J connectivity index is 1.42. The van der Waals surface area contributed by atoms with Crippen LogP contribution in [0.4, 0.5) is 15.9 Å². The number of pyridine rings is 1. The fourth-order valence-electron chi connectivity index (χ4n) is 4.09. The molecule has 5 rings (SSSR count). The van der Waals surface area contributed by atoms with Crippen molar-refractivity contribution in [2.24, 2.45) is 7.05 Å². The summed E-state index contributed by atoms with van der Waals surface area (Å²) in [6, 6.07) is 17.2. The molecule has 190 valence electrons. The van der Waals surface area contributed by atoms with Crippen LogP contribution < -0.4 is 16.6 Å². The van der Waals surface area contributed by atoms with Crippen LogP contribution in [0.15, 0.2) is 77.9 Å². The van der Waals surface area contributed by atoms with Crippen molar-refractivity contribution >= 4 is 29.0 Å². The largest absolute Gasteiger partial charge is 0.382 e. The molecule has 0 atom stereocenters. The van der Waals surface area contributed by atoms with Gasteiger partial charge in [0.05, 0.1) is 23.3 Å². The predicted molar refractivity (Wildman–Crippen MR) is 144 cm³/mol. The second-order valence-corrected chi connectivity index (χ2v) is 8.78. The van der Waals surface area contributed by atoms with Gasteiger partial charge < -0.3 is 11.1 Å². The van der Waals surface area contributed by atoms with Crippen molar-refractivity contribution in [3.8, 4) is 28.2 Å². The van der Waals surface area contributed by atoms with Crippen molar-refractivity contribution < 1.29 is 9.18 Å². The number of benzene rings is 2. The van der Waals surface area contributed by atoms with E-state index in [1.54, 1.807) is 55.1 Å². The van der Waals surface area contributed by atoms with E-state index in [2.05, 4.69) is 20.3 Å². The number of hydrogen-bond acceptors (Lipinski definition) is 6. The SMILES string of the molecule is Cc1c(C(=O)Nc2ccc(-c3nc(-c4ccnc(Cl)c4F)cnc3N)cc2)c(=O)n(-c2ccccc2)n1C. The van der Waals surface area contributed by atoms with Crippen LogP contribution in [0.5, 0.6) is 0 Å². The molecule has 2 aromatic carbocycles. The van der Waals surface area contributed by atoms with E-state index in [1.807, 2.05) is 18.2 Å². The molecule has 0 bridgehead atoms. The van der Waals surface area contributed by atoms with Gasteiger partial charge >= 0.3 is 0 Å². The summed E-state index contributed by atoms with van der Waals surface area (Å²) in [6.07, 6.45) is 2.73. The first kappa shape index (κ1) is 24.8. The first-order valence-electron chi connectivity index (χ1n) is 11.4. The number of nitrogens with one attached hydrogen (secondary N) is 1. The van der Waals surface area contributed by atoms with Crippen molar-refractivity contribution in [1.29, 1.82) is 0 Å². The van der Waals surface area contributed by atoms with E-state index in [-0.39, 0.29) is 27.8 Å². The third-order valence-electron chi connectivity index (χ3n) is 6.12. The molecule has 38 heavy (non-hydrogen) atoms. The molecule has 0 aliphatic heterocycles. The molecule has 9 nitrogen and oxygen atoms in total. The fraction of sp³-hybridized carbons (Fsp3) is 0.0741. The van der Waals surface area contributed by atoms with Crippen molar-refractivity contribution in [1.82, 2.24) is 24.3 Å². The zero-order valence-corrected chi connectivity index (χ0v) is 21.1. The number of nitrogens with zero attached hydrogens (tertiary/aromatic N) is 5. The lowest BCUT2D eigenvalue weighted by atomic mass is 10.1. The molecule has 5 aromatic rings. The van der Waals surface area contributed by atoms with Crippen LogP contribution in [-0.2, 0) is 7.05 Å². The average molecular weight is 530 g/mol. The lowest BCUT2D eigenvalue weighted by Gasteiger charge is -2.10. The van der Waals surface area contributed by atoms with Crippen molar-refractivity contribution in [2.45, 2.75) is 6.92 Å². The summed E-state index contributed by atoms with van der Waals surface area (Å²) in [4.78, 5) is 38.5. The first-order valence-corrected chi connectivity index (χ1v) is 11.8. The average Bonchev–Trinajstić information content (AvgIpc) is 3.14. The summed E-state index contributed by atoms with van der Waals surface area (Å²) in [5.41, 5.74) is 8.61. The Morgan fingerprint density at radius 3 is 2.47 bits per heavy atom. The molecule has 3 aromatic heterocycles. The minimum Gasteiger partial charge on any atom is -0.382 e. The lowest BCUT2D eigenvalue weighted by Crippen LogP contribution is -2.25. The number of aromatic nitrogens is 5. The Hall–Kier alpha value is -4.83. The summed E-state index contributed by atoms with van der Waals surface area (Å²) in [5, 5.41) is 2.50. The topological polar surface area (TPSA) is 121 Å². The Morgan fingerprint density at radius 2 is 1.76 bits per heavy atom. The highest BCUT2D eigenvalue weighted by atomic mass is 35.5. The number of para-hydroxylation sites is 1. The van der Waals surface area contributed by atoms with E-state index in [9.17, 15) is 14.0 Å². The highest BCUT2D eigenvalue weighted by Gasteiger charge is 2.22. The molecule has 0 aliphatic rings. The van der Waals surface area contributed by atoms with E-state index in [0.717, 1.165) is 0 Å². The van der Waals surface area contributed by atoms with Crippen LogP contribution in [-0.4, -0.2) is 30.2 Å². The predicted octanol–water partition coefficient (Wildman–Crippen LogP) is 4.63. The van der Waals surface area contributed by atoms with Crippen LogP contribution in [0, 0.1) is 12.7 Å². The van der Waals surface area contributed by atoms with Gasteiger partial charge in [-0.05, 0) is 37.3 Å². The second kappa shape index (κ2) is 9.91. The molecule has 3 heterocycles. The van der Waals surface area contributed by atoms with E-state index in [0.29, 0.717) is 28.3 Å². The number of carbonyl (C=O) groups is 1. The summed E-state index contributed by atoms with van der Waals surface area (Å²) in [7, 11) is 1.72. The van der Waals surface area contributed by atoms with Gasteiger partial charge in [-0.25, -0.2) is 24.0 Å². The third kappa shape index (κ3) is 4.41. The fourth-order valence-corrected chi connectivity index (χ4v) is 4.25. The summed E-state index contributed by atoms with van der Waals surface area (Å²) < 4.78 is 17.5. The number of carbonyl (C=O) groups excluding carboxylic acids is 1. The molecular weight excluding hydrogens is 509 g/mol. The molecule has 0 aliphatic carbocycles. The molecule has 0 saturated carbocycles. The summed E-state index contributed by atoms with van der Waals surface area (Å²) >= 11 is 5.80. The molecule has 0 fully saturated rings. The maximum atomic E-state index is 14.5. The number of anilines is 2. The Bertz CT molecular complexity index is 1730. The maximum Gasteiger partial charge on any atom is 0.284 e. The van der Waals surface area contributed by atoms with Gasteiger partial charge in [0, 0.05) is 30.1 Å². The van der Waals surface area contributed by atoms with Crippen LogP contribution in [0.2, 0.25) is 5.15 Å². The monoisotopic (exact) mass is 529 g/mol. The van der Waals surface area contributed by atoms with E-state index in [4.69, 9.17) is 17.3 Å². The normalized spacial score (nSPS) is 10.9. The molecule has 0 spiro atoms. The molecule has 0 unspecified atom stereocenters. The van der Waals surface area contributed by atoms with Gasteiger partial charge in [0.1, 0.15) is 17.1 Å². The zero-order chi connectivity index (χ0) is 27.0. The molecule has 3 N–H and O–H groups in total. The first-order chi connectivity index (χ1) is 18.3. The summed E-state index contributed by atoms with van der Waals surface area (Å²) in [6.45, 7) is 1.71. The Kier molecular flexibility index (Phi) is 6.48. The lowest BCUT2D eigenvalue weighted by molar-refractivity contribution is 0.102. The van der Waals surface area contributed by atoms with Gasteiger partial charge in [0.2, 0.25) is 0 Å². The maximum absolute atomic E-state index is 14.5. The van der Waals surface area contributed by atoms with Crippen molar-refractivity contribution in [3.05, 3.63) is 106 Å². The van der Waals surface area contributed by atoms with Gasteiger partial charge in [-0.2, -0.15) is 0 Å². The van der Waals surface area contributed by atoms with Gasteiger partial charge in [0.25, 0.3) is 11.5 Å². The van der Waals surface area contributed by atoms with Crippen LogP contribution in [0.3, 0.4) is 0 Å². The Labute approximate surface area is 221 Å². The standard InChI is InChI=1S/C27H21ClFN7O2/c1-15-21(27(38)36(35(15)2)18-6-4-3-5-7-18)26(37)33-17-10-8-16(9-11-17)23-25(30)32-14-20(34-23)19-12-13-31-24(28)22(19)29/h3-14H,1-2H3,(H2,30,32)(H,33,37). The quantitative estimate of drug-likeness (QED) is 0.320. The number of halogens is 2. The molecule has 1 amide bonds. The Morgan fingerprint density at radius 1 is 1.05 bits per heavy atom. The highest BCUT2D eigenvalue weighted by molar-refractivity contribution is 6.29. The van der Waals surface area contributed by atoms with Crippen molar-refractivity contribution in [3.63, 3.8) is 0 Å². The number of amides is 1. The number of nitrogen functional groups attached to an aromatic ring is 1. The van der Waals surface area contributed by atoms with Gasteiger partial charge in [-0.3, -0.25) is 14.3 Å².